The highest BCUT2D eigenvalue weighted by Gasteiger charge is 2.10. The number of halogens is 1. The monoisotopic (exact) mass is 305 g/mol. The van der Waals surface area contributed by atoms with E-state index in [-0.39, 0.29) is 6.04 Å². The van der Waals surface area contributed by atoms with E-state index in [2.05, 4.69) is 17.4 Å². The second kappa shape index (κ2) is 7.91. The topological polar surface area (TPSA) is 30.5 Å². The molecule has 0 aliphatic heterocycles. The fourth-order valence-corrected chi connectivity index (χ4v) is 2.47. The molecule has 0 fully saturated rings. The number of rotatable bonds is 7. The summed E-state index contributed by atoms with van der Waals surface area (Å²) in [6, 6.07) is 16.2. The van der Waals surface area contributed by atoms with Crippen molar-refractivity contribution in [2.24, 2.45) is 0 Å². The summed E-state index contributed by atoms with van der Waals surface area (Å²) in [4.78, 5) is 0. The minimum absolute atomic E-state index is 0.126. The van der Waals surface area contributed by atoms with Crippen molar-refractivity contribution < 1.29 is 9.47 Å². The molecule has 1 N–H and O–H groups in total. The predicted molar refractivity (Wildman–Crippen MR) is 86.3 cm³/mol. The van der Waals surface area contributed by atoms with Crippen LogP contribution in [0.25, 0.3) is 0 Å². The summed E-state index contributed by atoms with van der Waals surface area (Å²) in [6.07, 6.45) is 0. The second-order valence-electron chi connectivity index (χ2n) is 4.69. The van der Waals surface area contributed by atoms with Gasteiger partial charge in [-0.05, 0) is 23.3 Å². The highest BCUT2D eigenvalue weighted by Crippen LogP contribution is 2.27. The molecule has 2 aromatic rings. The minimum atomic E-state index is 0.126. The Kier molecular flexibility index (Phi) is 5.90. The van der Waals surface area contributed by atoms with E-state index in [4.69, 9.17) is 21.1 Å². The molecule has 0 saturated heterocycles. The zero-order valence-electron chi connectivity index (χ0n) is 12.3. The maximum atomic E-state index is 6.07. The summed E-state index contributed by atoms with van der Waals surface area (Å²) in [6.45, 7) is 0.715. The minimum Gasteiger partial charge on any atom is -0.493 e. The molecule has 0 radical (unpaired) electrons. The summed E-state index contributed by atoms with van der Waals surface area (Å²) in [7, 11) is 3.27. The van der Waals surface area contributed by atoms with Crippen LogP contribution in [-0.2, 0) is 6.54 Å². The van der Waals surface area contributed by atoms with Gasteiger partial charge in [0.15, 0.2) is 11.5 Å². The molecule has 0 spiro atoms. The Morgan fingerprint density at radius 1 is 1.00 bits per heavy atom. The van der Waals surface area contributed by atoms with Crippen molar-refractivity contribution in [3.05, 3.63) is 59.7 Å². The van der Waals surface area contributed by atoms with E-state index in [1.807, 2.05) is 36.4 Å². The summed E-state index contributed by atoms with van der Waals surface area (Å²) < 4.78 is 10.6. The number of hydrogen-bond donors (Lipinski definition) is 1. The SMILES string of the molecule is COc1ccc(CNC(CCl)c2ccccc2)cc1OC. The Hall–Kier alpha value is -1.71. The fraction of sp³-hybridized carbons (Fsp3) is 0.294. The van der Waals surface area contributed by atoms with Crippen molar-refractivity contribution in [1.29, 1.82) is 0 Å². The normalized spacial score (nSPS) is 12.0. The molecule has 2 aromatic carbocycles. The Morgan fingerprint density at radius 3 is 2.33 bits per heavy atom. The van der Waals surface area contributed by atoms with Crippen LogP contribution in [0.1, 0.15) is 17.2 Å². The van der Waals surface area contributed by atoms with Gasteiger partial charge in [-0.2, -0.15) is 0 Å². The molecular formula is C17H20ClNO2. The maximum absolute atomic E-state index is 6.07. The third-order valence-corrected chi connectivity index (χ3v) is 3.67. The summed E-state index contributed by atoms with van der Waals surface area (Å²) in [5, 5.41) is 3.46. The number of hydrogen-bond acceptors (Lipinski definition) is 3. The lowest BCUT2D eigenvalue weighted by Gasteiger charge is -2.17. The van der Waals surface area contributed by atoms with E-state index in [0.717, 1.165) is 17.1 Å². The van der Waals surface area contributed by atoms with Gasteiger partial charge in [0, 0.05) is 18.5 Å². The molecule has 21 heavy (non-hydrogen) atoms. The number of benzene rings is 2. The summed E-state index contributed by atoms with van der Waals surface area (Å²) in [5.41, 5.74) is 2.31. The van der Waals surface area contributed by atoms with Gasteiger partial charge in [-0.25, -0.2) is 0 Å². The Balaban J connectivity index is 2.05. The van der Waals surface area contributed by atoms with E-state index >= 15 is 0 Å². The highest BCUT2D eigenvalue weighted by atomic mass is 35.5. The first-order valence-electron chi connectivity index (χ1n) is 6.83. The Labute approximate surface area is 130 Å². The third kappa shape index (κ3) is 4.13. The molecule has 0 aliphatic carbocycles. The van der Waals surface area contributed by atoms with Crippen molar-refractivity contribution in [1.82, 2.24) is 5.32 Å². The predicted octanol–water partition coefficient (Wildman–Crippen LogP) is 3.77. The van der Waals surface area contributed by atoms with Crippen LogP contribution < -0.4 is 14.8 Å². The van der Waals surface area contributed by atoms with E-state index < -0.39 is 0 Å². The largest absolute Gasteiger partial charge is 0.493 e. The molecule has 0 amide bonds. The van der Waals surface area contributed by atoms with Crippen molar-refractivity contribution >= 4 is 11.6 Å². The number of ether oxygens (including phenoxy) is 2. The van der Waals surface area contributed by atoms with Gasteiger partial charge in [-0.1, -0.05) is 36.4 Å². The van der Waals surface area contributed by atoms with Crippen LogP contribution in [-0.4, -0.2) is 20.1 Å². The van der Waals surface area contributed by atoms with Crippen LogP contribution in [0.5, 0.6) is 11.5 Å². The first-order chi connectivity index (χ1) is 10.3. The van der Waals surface area contributed by atoms with Gasteiger partial charge in [0.1, 0.15) is 0 Å². The molecule has 3 nitrogen and oxygen atoms in total. The maximum Gasteiger partial charge on any atom is 0.161 e. The van der Waals surface area contributed by atoms with E-state index in [1.54, 1.807) is 14.2 Å². The average molecular weight is 306 g/mol. The van der Waals surface area contributed by atoms with Crippen LogP contribution in [0.2, 0.25) is 0 Å². The van der Waals surface area contributed by atoms with E-state index in [0.29, 0.717) is 12.4 Å². The molecule has 0 aromatic heterocycles. The fourth-order valence-electron chi connectivity index (χ4n) is 2.18. The van der Waals surface area contributed by atoms with Gasteiger partial charge in [0.2, 0.25) is 0 Å². The van der Waals surface area contributed by atoms with Gasteiger partial charge >= 0.3 is 0 Å². The molecular weight excluding hydrogens is 286 g/mol. The van der Waals surface area contributed by atoms with Crippen LogP contribution in [0.4, 0.5) is 0 Å². The van der Waals surface area contributed by atoms with Crippen molar-refractivity contribution in [2.45, 2.75) is 12.6 Å². The molecule has 1 unspecified atom stereocenters. The van der Waals surface area contributed by atoms with Crippen molar-refractivity contribution in [2.75, 3.05) is 20.1 Å². The Morgan fingerprint density at radius 2 is 1.71 bits per heavy atom. The molecule has 0 aliphatic rings. The highest BCUT2D eigenvalue weighted by molar-refractivity contribution is 6.18. The summed E-state index contributed by atoms with van der Waals surface area (Å²) in [5.74, 6) is 1.99. The average Bonchev–Trinajstić information content (AvgIpc) is 2.56. The molecule has 4 heteroatoms. The van der Waals surface area contributed by atoms with Gasteiger partial charge in [0.25, 0.3) is 0 Å². The first kappa shape index (κ1) is 15.7. The van der Waals surface area contributed by atoms with Crippen molar-refractivity contribution in [3.8, 4) is 11.5 Å². The van der Waals surface area contributed by atoms with Crippen molar-refractivity contribution in [3.63, 3.8) is 0 Å². The molecule has 0 bridgehead atoms. The zero-order valence-corrected chi connectivity index (χ0v) is 13.1. The number of methoxy groups -OCH3 is 2. The lowest BCUT2D eigenvalue weighted by molar-refractivity contribution is 0.354. The van der Waals surface area contributed by atoms with Gasteiger partial charge in [-0.3, -0.25) is 0 Å². The Bertz CT molecular complexity index is 560. The second-order valence-corrected chi connectivity index (χ2v) is 5.00. The van der Waals surface area contributed by atoms with Gasteiger partial charge in [-0.15, -0.1) is 11.6 Å². The van der Waals surface area contributed by atoms with E-state index in [9.17, 15) is 0 Å². The third-order valence-electron chi connectivity index (χ3n) is 3.36. The van der Waals surface area contributed by atoms with Crippen LogP contribution in [0.3, 0.4) is 0 Å². The zero-order chi connectivity index (χ0) is 15.1. The molecule has 2 rings (SSSR count). The standard InChI is InChI=1S/C17H20ClNO2/c1-20-16-9-8-13(10-17(16)21-2)12-19-15(11-18)14-6-4-3-5-7-14/h3-10,15,19H,11-12H2,1-2H3. The van der Waals surface area contributed by atoms with Crippen LogP contribution in [0.15, 0.2) is 48.5 Å². The molecule has 1 atom stereocenters. The lowest BCUT2D eigenvalue weighted by atomic mass is 10.1. The summed E-state index contributed by atoms with van der Waals surface area (Å²) >= 11 is 6.07. The van der Waals surface area contributed by atoms with Gasteiger partial charge in [0.05, 0.1) is 14.2 Å². The van der Waals surface area contributed by atoms with Gasteiger partial charge < -0.3 is 14.8 Å². The van der Waals surface area contributed by atoms with Crippen LogP contribution in [0, 0.1) is 0 Å². The van der Waals surface area contributed by atoms with E-state index in [1.165, 1.54) is 5.56 Å². The molecule has 0 saturated carbocycles. The first-order valence-corrected chi connectivity index (χ1v) is 7.37. The molecule has 0 heterocycles. The van der Waals surface area contributed by atoms with Crippen LogP contribution >= 0.6 is 11.6 Å². The number of alkyl halides is 1. The lowest BCUT2D eigenvalue weighted by Crippen LogP contribution is -2.22. The quantitative estimate of drug-likeness (QED) is 0.790. The smallest absolute Gasteiger partial charge is 0.161 e. The molecule has 112 valence electrons. The number of nitrogens with one attached hydrogen (secondary N) is 1.